The van der Waals surface area contributed by atoms with E-state index in [0.29, 0.717) is 25.3 Å². The quantitative estimate of drug-likeness (QED) is 0.300. The highest BCUT2D eigenvalue weighted by molar-refractivity contribution is 5.98. The molecule has 48 heavy (non-hydrogen) atoms. The van der Waals surface area contributed by atoms with Gasteiger partial charge in [-0.05, 0) is 69.6 Å². The zero-order chi connectivity index (χ0) is 34.9. The Kier molecular flexibility index (Phi) is 10.5. The zero-order valence-electron chi connectivity index (χ0n) is 27.2. The molecule has 3 fully saturated rings. The average Bonchev–Trinajstić information content (AvgIpc) is 3.68. The zero-order valence-corrected chi connectivity index (χ0v) is 27.2. The summed E-state index contributed by atoms with van der Waals surface area (Å²) < 4.78 is 33.4. The van der Waals surface area contributed by atoms with Crippen LogP contribution in [-0.4, -0.2) is 112 Å². The van der Waals surface area contributed by atoms with E-state index in [1.165, 1.54) is 28.5 Å². The molecule has 0 saturated carbocycles. The summed E-state index contributed by atoms with van der Waals surface area (Å²) in [6, 6.07) is -4.09. The predicted octanol–water partition coefficient (Wildman–Crippen LogP) is 0.155. The average molecular weight is 673 g/mol. The molecule has 15 heteroatoms. The molecule has 0 radical (unpaired) electrons. The van der Waals surface area contributed by atoms with E-state index in [1.54, 1.807) is 12.2 Å². The van der Waals surface area contributed by atoms with Gasteiger partial charge in [0.15, 0.2) is 0 Å². The van der Waals surface area contributed by atoms with Crippen LogP contribution in [0.5, 0.6) is 0 Å². The molecule has 0 aromatic heterocycles. The van der Waals surface area contributed by atoms with Gasteiger partial charge in [0.25, 0.3) is 0 Å². The summed E-state index contributed by atoms with van der Waals surface area (Å²) in [5.74, 6) is -5.66. The largest absolute Gasteiger partial charge is 0.458 e. The summed E-state index contributed by atoms with van der Waals surface area (Å²) in [5.41, 5.74) is 6.23. The Morgan fingerprint density at radius 1 is 0.979 bits per heavy atom. The van der Waals surface area contributed by atoms with E-state index in [9.17, 15) is 37.5 Å². The van der Waals surface area contributed by atoms with Gasteiger partial charge in [0.1, 0.15) is 47.9 Å². The minimum atomic E-state index is -1.50. The molecule has 3 saturated heterocycles. The molecule has 1 aromatic rings. The maximum absolute atomic E-state index is 14.2. The van der Waals surface area contributed by atoms with Gasteiger partial charge in [0.05, 0.1) is 6.04 Å². The van der Waals surface area contributed by atoms with Crippen molar-refractivity contribution in [1.29, 1.82) is 0 Å². The minimum Gasteiger partial charge on any atom is -0.458 e. The van der Waals surface area contributed by atoms with Crippen LogP contribution in [0.15, 0.2) is 30.4 Å². The molecule has 13 nitrogen and oxygen atoms in total. The summed E-state index contributed by atoms with van der Waals surface area (Å²) >= 11 is 0. The lowest BCUT2D eigenvalue weighted by molar-refractivity contribution is -0.162. The van der Waals surface area contributed by atoms with Gasteiger partial charge in [-0.15, -0.1) is 0 Å². The molecule has 8 atom stereocenters. The highest BCUT2D eigenvalue weighted by Gasteiger charge is 2.46. The van der Waals surface area contributed by atoms with E-state index in [0.717, 1.165) is 12.1 Å². The van der Waals surface area contributed by atoms with Crippen LogP contribution in [0.1, 0.15) is 52.0 Å². The second kappa shape index (κ2) is 14.4. The third kappa shape index (κ3) is 7.35. The summed E-state index contributed by atoms with van der Waals surface area (Å²) in [5, 5.41) is 5.27. The van der Waals surface area contributed by atoms with Gasteiger partial charge < -0.3 is 35.8 Å². The number of cyclic esters (lactones) is 1. The number of hydrogen-bond donors (Lipinski definition) is 3. The lowest BCUT2D eigenvalue weighted by atomic mass is 10.0. The Morgan fingerprint density at radius 2 is 1.69 bits per heavy atom. The number of carbonyl (C=O) groups is 6. The first-order valence-electron chi connectivity index (χ1n) is 16.3. The van der Waals surface area contributed by atoms with Crippen molar-refractivity contribution in [3.63, 3.8) is 0 Å². The molecule has 1 aromatic carbocycles. The van der Waals surface area contributed by atoms with E-state index >= 15 is 0 Å². The van der Waals surface area contributed by atoms with Crippen molar-refractivity contribution < 1.29 is 42.3 Å². The number of amides is 5. The van der Waals surface area contributed by atoms with Crippen molar-refractivity contribution in [2.75, 3.05) is 19.6 Å². The van der Waals surface area contributed by atoms with Crippen LogP contribution in [-0.2, 0) is 39.9 Å². The third-order valence-electron chi connectivity index (χ3n) is 9.41. The number of carbonyl (C=O) groups excluding carboxylic acids is 6. The number of hydrogen-bond acceptors (Lipinski definition) is 8. The van der Waals surface area contributed by atoms with Gasteiger partial charge in [-0.25, -0.2) is 13.6 Å². The third-order valence-corrected chi connectivity index (χ3v) is 9.41. The molecule has 0 aliphatic carbocycles. The van der Waals surface area contributed by atoms with Crippen LogP contribution in [0, 0.1) is 17.6 Å². The van der Waals surface area contributed by atoms with E-state index in [2.05, 4.69) is 10.6 Å². The number of benzene rings is 1. The summed E-state index contributed by atoms with van der Waals surface area (Å²) in [6.07, 6.45) is 3.35. The summed E-state index contributed by atoms with van der Waals surface area (Å²) in [6.45, 7) is 5.40. The fourth-order valence-corrected chi connectivity index (χ4v) is 6.98. The Labute approximate surface area is 277 Å². The fraction of sp³-hybridized carbons (Fsp3) is 0.576. The van der Waals surface area contributed by atoms with E-state index in [1.807, 2.05) is 6.92 Å². The number of ether oxygens (including phenoxy) is 1. The standard InChI is InChI=1S/C33H42F2N6O7/c1-17-11-26-33(47)48-19(3)27(38-28(42)23(36)14-20-12-21(34)15-22(35)13-20)32(46)40-10-6-8-25(40)31(45)39-9-5-4-7-24(39)29(43)37-18(2)30(44)41(26)16-17/h4,7,12-13,15,17-19,23-27H,5-6,8-11,14,16,36H2,1-3H3,(H,37,43)(H,38,42)/t17-,18+,19+,23+,24+,25+,26+,27+/m1/s1. The number of halogens is 2. The van der Waals surface area contributed by atoms with Crippen molar-refractivity contribution in [2.24, 2.45) is 11.7 Å². The molecule has 4 aliphatic rings. The molecule has 0 unspecified atom stereocenters. The molecule has 0 bridgehead atoms. The van der Waals surface area contributed by atoms with Crippen LogP contribution < -0.4 is 16.4 Å². The molecule has 0 spiro atoms. The Hall–Kier alpha value is -4.40. The molecular formula is C33H42F2N6O7. The van der Waals surface area contributed by atoms with Crippen molar-refractivity contribution in [3.05, 3.63) is 47.5 Å². The smallest absolute Gasteiger partial charge is 0.329 e. The molecule has 5 amide bonds. The van der Waals surface area contributed by atoms with Gasteiger partial charge in [-0.1, -0.05) is 19.1 Å². The molecule has 4 aliphatic heterocycles. The highest BCUT2D eigenvalue weighted by atomic mass is 19.1. The van der Waals surface area contributed by atoms with E-state index < -0.39 is 89.5 Å². The Balaban J connectivity index is 1.47. The van der Waals surface area contributed by atoms with Gasteiger partial charge in [-0.3, -0.25) is 24.0 Å². The highest BCUT2D eigenvalue weighted by Crippen LogP contribution is 2.28. The number of nitrogens with one attached hydrogen (secondary N) is 2. The maximum atomic E-state index is 14.2. The van der Waals surface area contributed by atoms with E-state index in [4.69, 9.17) is 10.5 Å². The number of nitrogens with zero attached hydrogens (tertiary/aromatic N) is 3. The summed E-state index contributed by atoms with van der Waals surface area (Å²) in [7, 11) is 0. The first-order chi connectivity index (χ1) is 22.7. The normalized spacial score (nSPS) is 30.8. The van der Waals surface area contributed by atoms with Crippen molar-refractivity contribution in [2.45, 2.75) is 95.2 Å². The molecule has 4 N–H and O–H groups in total. The second-order valence-corrected chi connectivity index (χ2v) is 13.2. The Bertz CT molecular complexity index is 1490. The fourth-order valence-electron chi connectivity index (χ4n) is 6.98. The number of rotatable bonds is 4. The molecular weight excluding hydrogens is 630 g/mol. The van der Waals surface area contributed by atoms with Gasteiger partial charge >= 0.3 is 5.97 Å². The molecule has 260 valence electrons. The first kappa shape index (κ1) is 34.9. The number of fused-ring (bicyclic) bond motifs is 3. The minimum absolute atomic E-state index is 0.0747. The SMILES string of the molecule is C[C@@H]1C[C@H]2C(=O)O[C@@H](C)[C@H](NC(=O)[C@@H](N)Cc3cc(F)cc(F)c3)C(=O)N3CCC[C@H]3C(=O)N3CCC=C[C@H]3C(=O)N[C@@H](C)C(=O)N2C1. The van der Waals surface area contributed by atoms with Crippen LogP contribution in [0.3, 0.4) is 0 Å². The van der Waals surface area contributed by atoms with E-state index in [-0.39, 0.29) is 44.0 Å². The van der Waals surface area contributed by atoms with Crippen LogP contribution >= 0.6 is 0 Å². The Morgan fingerprint density at radius 3 is 2.40 bits per heavy atom. The van der Waals surface area contributed by atoms with Crippen LogP contribution in [0.25, 0.3) is 0 Å². The maximum Gasteiger partial charge on any atom is 0.329 e. The number of esters is 1. The predicted molar refractivity (Wildman–Crippen MR) is 166 cm³/mol. The van der Waals surface area contributed by atoms with Crippen molar-refractivity contribution in [3.8, 4) is 0 Å². The number of nitrogens with two attached hydrogens (primary N) is 1. The van der Waals surface area contributed by atoms with Gasteiger partial charge in [0.2, 0.25) is 29.5 Å². The van der Waals surface area contributed by atoms with Crippen molar-refractivity contribution >= 4 is 35.5 Å². The van der Waals surface area contributed by atoms with Crippen LogP contribution in [0.2, 0.25) is 0 Å². The van der Waals surface area contributed by atoms with Crippen molar-refractivity contribution in [1.82, 2.24) is 25.3 Å². The lowest BCUT2D eigenvalue weighted by Gasteiger charge is -2.38. The topological polar surface area (TPSA) is 171 Å². The van der Waals surface area contributed by atoms with Gasteiger partial charge in [-0.2, -0.15) is 0 Å². The second-order valence-electron chi connectivity index (χ2n) is 13.2. The summed E-state index contributed by atoms with van der Waals surface area (Å²) in [4.78, 5) is 86.3. The first-order valence-corrected chi connectivity index (χ1v) is 16.3. The molecule has 5 rings (SSSR count). The lowest BCUT2D eigenvalue weighted by Crippen LogP contribution is -2.62. The van der Waals surface area contributed by atoms with Crippen LogP contribution in [0.4, 0.5) is 8.78 Å². The van der Waals surface area contributed by atoms with Gasteiger partial charge in [0, 0.05) is 25.7 Å². The molecule has 4 heterocycles. The monoisotopic (exact) mass is 672 g/mol.